The van der Waals surface area contributed by atoms with E-state index in [0.29, 0.717) is 10.2 Å². The highest BCUT2D eigenvalue weighted by Gasteiger charge is 2.19. The molecular formula is C10H16BrClN2O3S. The van der Waals surface area contributed by atoms with Gasteiger partial charge in [0.2, 0.25) is 10.0 Å². The molecule has 0 radical (unpaired) electrons. The third-order valence-electron chi connectivity index (χ3n) is 2.14. The van der Waals surface area contributed by atoms with Gasteiger partial charge in [-0.15, -0.1) is 12.4 Å². The SMILES string of the molecule is COc1ccc(S(=O)(=O)N[C@@H](C)CN)c(Br)c1.Cl. The molecule has 0 saturated heterocycles. The minimum atomic E-state index is -3.56. The molecular weight excluding hydrogens is 344 g/mol. The number of ether oxygens (including phenoxy) is 1. The Morgan fingerprint density at radius 2 is 2.11 bits per heavy atom. The van der Waals surface area contributed by atoms with Crippen LogP contribution in [0.1, 0.15) is 6.92 Å². The summed E-state index contributed by atoms with van der Waals surface area (Å²) in [5.74, 6) is 0.586. The van der Waals surface area contributed by atoms with Crippen LogP contribution in [0.25, 0.3) is 0 Å². The van der Waals surface area contributed by atoms with E-state index in [4.69, 9.17) is 10.5 Å². The van der Waals surface area contributed by atoms with Gasteiger partial charge in [-0.2, -0.15) is 0 Å². The predicted molar refractivity (Wildman–Crippen MR) is 76.8 cm³/mol. The third-order valence-corrected chi connectivity index (χ3v) is 4.70. The lowest BCUT2D eigenvalue weighted by atomic mass is 10.3. The molecule has 18 heavy (non-hydrogen) atoms. The van der Waals surface area contributed by atoms with Crippen molar-refractivity contribution >= 4 is 38.4 Å². The number of sulfonamides is 1. The van der Waals surface area contributed by atoms with Crippen LogP contribution in [0.5, 0.6) is 5.75 Å². The Hall–Kier alpha value is -0.340. The van der Waals surface area contributed by atoms with Gasteiger partial charge in [0.25, 0.3) is 0 Å². The fourth-order valence-electron chi connectivity index (χ4n) is 1.20. The van der Waals surface area contributed by atoms with Crippen molar-refractivity contribution in [1.29, 1.82) is 0 Å². The maximum atomic E-state index is 12.0. The van der Waals surface area contributed by atoms with Crippen LogP contribution < -0.4 is 15.2 Å². The normalized spacial score (nSPS) is 12.7. The summed E-state index contributed by atoms with van der Waals surface area (Å²) in [6, 6.07) is 4.36. The molecule has 0 saturated carbocycles. The van der Waals surface area contributed by atoms with E-state index >= 15 is 0 Å². The van der Waals surface area contributed by atoms with E-state index < -0.39 is 10.0 Å². The number of halogens is 2. The largest absolute Gasteiger partial charge is 0.497 e. The highest BCUT2D eigenvalue weighted by Crippen LogP contribution is 2.26. The molecule has 104 valence electrons. The molecule has 0 aromatic heterocycles. The number of hydrogen-bond donors (Lipinski definition) is 2. The van der Waals surface area contributed by atoms with Gasteiger partial charge in [-0.25, -0.2) is 13.1 Å². The lowest BCUT2D eigenvalue weighted by Gasteiger charge is -2.13. The zero-order valence-electron chi connectivity index (χ0n) is 10.0. The molecule has 8 heteroatoms. The molecule has 0 unspecified atom stereocenters. The number of benzene rings is 1. The zero-order valence-corrected chi connectivity index (χ0v) is 13.2. The van der Waals surface area contributed by atoms with Crippen molar-refractivity contribution in [3.8, 4) is 5.75 Å². The second-order valence-electron chi connectivity index (χ2n) is 3.55. The highest BCUT2D eigenvalue weighted by atomic mass is 79.9. The van der Waals surface area contributed by atoms with E-state index in [0.717, 1.165) is 0 Å². The van der Waals surface area contributed by atoms with Gasteiger partial charge >= 0.3 is 0 Å². The Morgan fingerprint density at radius 3 is 2.56 bits per heavy atom. The van der Waals surface area contributed by atoms with Gasteiger partial charge in [-0.1, -0.05) is 0 Å². The van der Waals surface area contributed by atoms with Crippen LogP contribution in [0, 0.1) is 0 Å². The van der Waals surface area contributed by atoms with Crippen LogP contribution in [0.3, 0.4) is 0 Å². The average Bonchev–Trinajstić information content (AvgIpc) is 2.27. The fraction of sp³-hybridized carbons (Fsp3) is 0.400. The number of methoxy groups -OCH3 is 1. The molecule has 0 bridgehead atoms. The molecule has 0 heterocycles. The Bertz CT molecular complexity index is 496. The van der Waals surface area contributed by atoms with Gasteiger partial charge < -0.3 is 10.5 Å². The lowest BCUT2D eigenvalue weighted by molar-refractivity contribution is 0.414. The first-order chi connectivity index (χ1) is 7.90. The number of rotatable bonds is 5. The Labute approximate surface area is 122 Å². The Morgan fingerprint density at radius 1 is 1.50 bits per heavy atom. The van der Waals surface area contributed by atoms with Crippen molar-refractivity contribution in [2.75, 3.05) is 13.7 Å². The maximum Gasteiger partial charge on any atom is 0.241 e. The van der Waals surface area contributed by atoms with Crippen molar-refractivity contribution in [2.24, 2.45) is 5.73 Å². The van der Waals surface area contributed by atoms with Crippen LogP contribution in [-0.4, -0.2) is 28.1 Å². The summed E-state index contributed by atoms with van der Waals surface area (Å²) < 4.78 is 31.9. The van der Waals surface area contributed by atoms with Gasteiger partial charge in [-0.3, -0.25) is 0 Å². The molecule has 0 aliphatic carbocycles. The molecule has 1 rings (SSSR count). The van der Waals surface area contributed by atoms with Crippen LogP contribution in [0.2, 0.25) is 0 Å². The van der Waals surface area contributed by atoms with Gasteiger partial charge in [-0.05, 0) is 41.1 Å². The summed E-state index contributed by atoms with van der Waals surface area (Å²) in [5, 5.41) is 0. The van der Waals surface area contributed by atoms with E-state index in [-0.39, 0.29) is 29.9 Å². The average molecular weight is 360 g/mol. The van der Waals surface area contributed by atoms with Crippen molar-refractivity contribution < 1.29 is 13.2 Å². The first-order valence-electron chi connectivity index (χ1n) is 4.96. The number of nitrogens with one attached hydrogen (secondary N) is 1. The highest BCUT2D eigenvalue weighted by molar-refractivity contribution is 9.10. The van der Waals surface area contributed by atoms with E-state index in [2.05, 4.69) is 20.7 Å². The van der Waals surface area contributed by atoms with Crippen LogP contribution in [0.4, 0.5) is 0 Å². The second-order valence-corrected chi connectivity index (χ2v) is 6.09. The minimum Gasteiger partial charge on any atom is -0.497 e. The van der Waals surface area contributed by atoms with Gasteiger partial charge in [0.15, 0.2) is 0 Å². The van der Waals surface area contributed by atoms with Crippen LogP contribution in [0.15, 0.2) is 27.6 Å². The molecule has 0 aliphatic heterocycles. The number of nitrogens with two attached hydrogens (primary N) is 1. The Kier molecular flexibility index (Phi) is 7.16. The summed E-state index contributed by atoms with van der Waals surface area (Å²) >= 11 is 3.21. The molecule has 0 spiro atoms. The molecule has 0 amide bonds. The predicted octanol–water partition coefficient (Wildman–Crippen LogP) is 1.50. The smallest absolute Gasteiger partial charge is 0.241 e. The first-order valence-corrected chi connectivity index (χ1v) is 7.24. The van der Waals surface area contributed by atoms with Gasteiger partial charge in [0, 0.05) is 17.1 Å². The van der Waals surface area contributed by atoms with Crippen molar-refractivity contribution in [3.63, 3.8) is 0 Å². The molecule has 3 N–H and O–H groups in total. The van der Waals surface area contributed by atoms with Crippen molar-refractivity contribution in [1.82, 2.24) is 4.72 Å². The fourth-order valence-corrected chi connectivity index (χ4v) is 3.52. The van der Waals surface area contributed by atoms with Crippen LogP contribution in [-0.2, 0) is 10.0 Å². The summed E-state index contributed by atoms with van der Waals surface area (Å²) in [7, 11) is -2.04. The van der Waals surface area contributed by atoms with Crippen LogP contribution >= 0.6 is 28.3 Å². The first kappa shape index (κ1) is 17.7. The molecule has 1 aromatic rings. The van der Waals surface area contributed by atoms with Gasteiger partial charge in [0.05, 0.1) is 12.0 Å². The number of hydrogen-bond acceptors (Lipinski definition) is 4. The van der Waals surface area contributed by atoms with Gasteiger partial charge in [0.1, 0.15) is 5.75 Å². The minimum absolute atomic E-state index is 0. The zero-order chi connectivity index (χ0) is 13.1. The van der Waals surface area contributed by atoms with E-state index in [9.17, 15) is 8.42 Å². The molecule has 0 aliphatic rings. The summed E-state index contributed by atoms with van der Waals surface area (Å²) in [5.41, 5.74) is 5.38. The lowest BCUT2D eigenvalue weighted by Crippen LogP contribution is -2.37. The summed E-state index contributed by atoms with van der Waals surface area (Å²) in [6.45, 7) is 1.95. The molecule has 1 aromatic carbocycles. The monoisotopic (exact) mass is 358 g/mol. The quantitative estimate of drug-likeness (QED) is 0.835. The second kappa shape index (κ2) is 7.30. The van der Waals surface area contributed by atoms with E-state index in [1.54, 1.807) is 19.1 Å². The van der Waals surface area contributed by atoms with Crippen molar-refractivity contribution in [2.45, 2.75) is 17.9 Å². The van der Waals surface area contributed by atoms with E-state index in [1.807, 2.05) is 0 Å². The third kappa shape index (κ3) is 4.40. The molecule has 1 atom stereocenters. The molecule has 0 fully saturated rings. The summed E-state index contributed by atoms with van der Waals surface area (Å²) in [4.78, 5) is 0.165. The Balaban J connectivity index is 0.00000289. The maximum absolute atomic E-state index is 12.0. The standard InChI is InChI=1S/C10H15BrN2O3S.ClH/c1-7(6-12)13-17(14,15)10-4-3-8(16-2)5-9(10)11;/h3-5,7,13H,6,12H2,1-2H3;1H/t7-;/m0./s1. The van der Waals surface area contributed by atoms with E-state index in [1.165, 1.54) is 13.2 Å². The summed E-state index contributed by atoms with van der Waals surface area (Å²) in [6.07, 6.45) is 0. The topological polar surface area (TPSA) is 81.4 Å². The van der Waals surface area contributed by atoms with Crippen molar-refractivity contribution in [3.05, 3.63) is 22.7 Å². The molecule has 5 nitrogen and oxygen atoms in total.